The molecule has 1 heterocycles. The predicted octanol–water partition coefficient (Wildman–Crippen LogP) is 0.809. The quantitative estimate of drug-likeness (QED) is 0.851. The van der Waals surface area contributed by atoms with Crippen molar-refractivity contribution in [3.05, 3.63) is 23.3 Å². The van der Waals surface area contributed by atoms with Crippen LogP contribution in [0.4, 0.5) is 0 Å². The zero-order chi connectivity index (χ0) is 14.3. The van der Waals surface area contributed by atoms with Crippen molar-refractivity contribution in [1.29, 1.82) is 0 Å². The summed E-state index contributed by atoms with van der Waals surface area (Å²) in [6.07, 6.45) is 0.974. The molecule has 0 bridgehead atoms. The molecule has 106 valence electrons. The SMILES string of the molecule is COc1cc2c(cc1OC)C(C)(C(C)(C)O)[NH2+]CC2. The van der Waals surface area contributed by atoms with Crippen LogP contribution in [0.2, 0.25) is 0 Å². The summed E-state index contributed by atoms with van der Waals surface area (Å²) in [5.74, 6) is 1.47. The summed E-state index contributed by atoms with van der Waals surface area (Å²) in [4.78, 5) is 0. The third-order valence-electron chi connectivity index (χ3n) is 4.41. The molecule has 0 amide bonds. The Kier molecular flexibility index (Phi) is 3.49. The van der Waals surface area contributed by atoms with Gasteiger partial charge >= 0.3 is 0 Å². The molecule has 0 saturated heterocycles. The van der Waals surface area contributed by atoms with Gasteiger partial charge in [-0.2, -0.15) is 0 Å². The molecule has 0 radical (unpaired) electrons. The summed E-state index contributed by atoms with van der Waals surface area (Å²) >= 11 is 0. The van der Waals surface area contributed by atoms with Crippen LogP contribution >= 0.6 is 0 Å². The zero-order valence-corrected chi connectivity index (χ0v) is 12.4. The number of benzene rings is 1. The topological polar surface area (TPSA) is 55.3 Å². The average molecular weight is 266 g/mol. The fraction of sp³-hybridized carbons (Fsp3) is 0.600. The highest BCUT2D eigenvalue weighted by Gasteiger charge is 2.48. The van der Waals surface area contributed by atoms with Crippen LogP contribution < -0.4 is 14.8 Å². The maximum Gasteiger partial charge on any atom is 0.161 e. The van der Waals surface area contributed by atoms with E-state index in [-0.39, 0.29) is 5.54 Å². The summed E-state index contributed by atoms with van der Waals surface area (Å²) in [6.45, 7) is 6.75. The van der Waals surface area contributed by atoms with Gasteiger partial charge in [0.25, 0.3) is 0 Å². The number of hydrogen-bond acceptors (Lipinski definition) is 3. The smallest absolute Gasteiger partial charge is 0.161 e. The van der Waals surface area contributed by atoms with Crippen LogP contribution in [0.1, 0.15) is 31.9 Å². The Morgan fingerprint density at radius 3 is 2.32 bits per heavy atom. The Morgan fingerprint density at radius 2 is 1.79 bits per heavy atom. The van der Waals surface area contributed by atoms with Crippen molar-refractivity contribution in [2.75, 3.05) is 20.8 Å². The van der Waals surface area contributed by atoms with Gasteiger partial charge in [-0.05, 0) is 38.5 Å². The minimum absolute atomic E-state index is 0.375. The first kappa shape index (κ1) is 14.2. The van der Waals surface area contributed by atoms with Crippen molar-refractivity contribution in [3.63, 3.8) is 0 Å². The highest BCUT2D eigenvalue weighted by molar-refractivity contribution is 5.50. The van der Waals surface area contributed by atoms with Gasteiger partial charge in [0.05, 0.1) is 20.8 Å². The lowest BCUT2D eigenvalue weighted by atomic mass is 9.73. The van der Waals surface area contributed by atoms with Crippen LogP contribution in [0.25, 0.3) is 0 Å². The van der Waals surface area contributed by atoms with Crippen LogP contribution in [0, 0.1) is 0 Å². The Labute approximate surface area is 114 Å². The van der Waals surface area contributed by atoms with Gasteiger partial charge in [-0.25, -0.2) is 0 Å². The summed E-state index contributed by atoms with van der Waals surface area (Å²) in [5, 5.41) is 12.7. The number of rotatable bonds is 3. The molecule has 1 unspecified atom stereocenters. The molecule has 1 aromatic rings. The van der Waals surface area contributed by atoms with E-state index in [4.69, 9.17) is 9.47 Å². The van der Waals surface area contributed by atoms with E-state index in [2.05, 4.69) is 12.2 Å². The van der Waals surface area contributed by atoms with E-state index >= 15 is 0 Å². The van der Waals surface area contributed by atoms with Crippen molar-refractivity contribution >= 4 is 0 Å². The molecule has 1 atom stereocenters. The molecule has 3 N–H and O–H groups in total. The molecule has 0 spiro atoms. The normalized spacial score (nSPS) is 22.8. The van der Waals surface area contributed by atoms with Crippen LogP contribution in [0.15, 0.2) is 12.1 Å². The first-order chi connectivity index (χ1) is 8.83. The molecule has 0 saturated carbocycles. The van der Waals surface area contributed by atoms with Crippen molar-refractivity contribution in [2.45, 2.75) is 38.3 Å². The van der Waals surface area contributed by atoms with E-state index in [1.165, 1.54) is 5.56 Å². The van der Waals surface area contributed by atoms with E-state index in [1.807, 2.05) is 26.0 Å². The molecule has 4 heteroatoms. The van der Waals surface area contributed by atoms with Crippen molar-refractivity contribution < 1.29 is 19.9 Å². The molecule has 1 aliphatic heterocycles. The monoisotopic (exact) mass is 266 g/mol. The standard InChI is InChI=1S/C15H23NO3/c1-14(2,17)15(3)11-9-13(19-5)12(18-4)8-10(11)6-7-16-15/h8-9,16-17H,6-7H2,1-5H3/p+1. The fourth-order valence-electron chi connectivity index (χ4n) is 2.82. The first-order valence-electron chi connectivity index (χ1n) is 6.65. The lowest BCUT2D eigenvalue weighted by Gasteiger charge is -2.42. The fourth-order valence-corrected chi connectivity index (χ4v) is 2.82. The molecule has 1 aromatic carbocycles. The van der Waals surface area contributed by atoms with E-state index in [0.717, 1.165) is 24.3 Å². The highest BCUT2D eigenvalue weighted by atomic mass is 16.5. The molecule has 1 aliphatic rings. The van der Waals surface area contributed by atoms with Gasteiger partial charge in [-0.15, -0.1) is 0 Å². The van der Waals surface area contributed by atoms with Crippen LogP contribution in [-0.4, -0.2) is 31.5 Å². The number of ether oxygens (including phenoxy) is 2. The third kappa shape index (κ3) is 2.19. The van der Waals surface area contributed by atoms with Gasteiger partial charge in [-0.1, -0.05) is 0 Å². The van der Waals surface area contributed by atoms with Crippen LogP contribution in [-0.2, 0) is 12.0 Å². The summed E-state index contributed by atoms with van der Waals surface area (Å²) < 4.78 is 10.7. The number of hydrogen-bond donors (Lipinski definition) is 2. The Morgan fingerprint density at radius 1 is 1.21 bits per heavy atom. The second-order valence-electron chi connectivity index (χ2n) is 5.87. The molecule has 0 fully saturated rings. The minimum Gasteiger partial charge on any atom is -0.493 e. The lowest BCUT2D eigenvalue weighted by Crippen LogP contribution is -3.00. The Bertz CT molecular complexity index is 479. The van der Waals surface area contributed by atoms with Gasteiger partial charge in [0.2, 0.25) is 0 Å². The number of methoxy groups -OCH3 is 2. The van der Waals surface area contributed by atoms with E-state index in [1.54, 1.807) is 14.2 Å². The van der Waals surface area contributed by atoms with Crippen LogP contribution in [0.3, 0.4) is 0 Å². The average Bonchev–Trinajstić information content (AvgIpc) is 2.36. The maximum atomic E-state index is 10.5. The third-order valence-corrected chi connectivity index (χ3v) is 4.41. The number of nitrogens with two attached hydrogens (primary N) is 1. The number of fused-ring (bicyclic) bond motifs is 1. The zero-order valence-electron chi connectivity index (χ0n) is 12.4. The van der Waals surface area contributed by atoms with Crippen molar-refractivity contribution in [3.8, 4) is 11.5 Å². The molecule has 2 rings (SSSR count). The lowest BCUT2D eigenvalue weighted by molar-refractivity contribution is -0.751. The van der Waals surface area contributed by atoms with E-state index < -0.39 is 5.60 Å². The van der Waals surface area contributed by atoms with Gasteiger partial charge < -0.3 is 19.9 Å². The predicted molar refractivity (Wildman–Crippen MR) is 73.7 cm³/mol. The number of aliphatic hydroxyl groups is 1. The van der Waals surface area contributed by atoms with Gasteiger partial charge in [0.15, 0.2) is 11.5 Å². The first-order valence-corrected chi connectivity index (χ1v) is 6.65. The number of quaternary nitrogens is 1. The molecule has 19 heavy (non-hydrogen) atoms. The minimum atomic E-state index is -0.818. The summed E-state index contributed by atoms with van der Waals surface area (Å²) in [7, 11) is 3.28. The molecule has 0 aliphatic carbocycles. The second-order valence-corrected chi connectivity index (χ2v) is 5.87. The largest absolute Gasteiger partial charge is 0.493 e. The van der Waals surface area contributed by atoms with Crippen LogP contribution in [0.5, 0.6) is 11.5 Å². The second kappa shape index (κ2) is 4.69. The Balaban J connectivity index is 2.62. The highest BCUT2D eigenvalue weighted by Crippen LogP contribution is 2.39. The van der Waals surface area contributed by atoms with E-state index in [0.29, 0.717) is 5.75 Å². The Hall–Kier alpha value is -1.26. The molecular formula is C15H24NO3+. The summed E-state index contributed by atoms with van der Waals surface area (Å²) in [5.41, 5.74) is 1.16. The van der Waals surface area contributed by atoms with E-state index in [9.17, 15) is 5.11 Å². The maximum absolute atomic E-state index is 10.5. The molecule has 4 nitrogen and oxygen atoms in total. The van der Waals surface area contributed by atoms with Gasteiger partial charge in [-0.3, -0.25) is 0 Å². The molecular weight excluding hydrogens is 242 g/mol. The summed E-state index contributed by atoms with van der Waals surface area (Å²) in [6, 6.07) is 4.03. The van der Waals surface area contributed by atoms with Gasteiger partial charge in [0, 0.05) is 12.0 Å². The van der Waals surface area contributed by atoms with Gasteiger partial charge in [0.1, 0.15) is 11.1 Å². The van der Waals surface area contributed by atoms with Crippen molar-refractivity contribution in [1.82, 2.24) is 0 Å². The molecule has 0 aromatic heterocycles. The van der Waals surface area contributed by atoms with Crippen molar-refractivity contribution in [2.24, 2.45) is 0 Å².